The van der Waals surface area contributed by atoms with Crippen molar-refractivity contribution in [2.45, 2.75) is 25.9 Å². The Balaban J connectivity index is 1.56. The number of furan rings is 1. The second-order valence-electron chi connectivity index (χ2n) is 8.46. The molecule has 0 amide bonds. The van der Waals surface area contributed by atoms with Crippen molar-refractivity contribution < 1.29 is 19.1 Å². The molecule has 1 fully saturated rings. The third-order valence-corrected chi connectivity index (χ3v) is 6.50. The first-order chi connectivity index (χ1) is 17.5. The van der Waals surface area contributed by atoms with Crippen molar-refractivity contribution in [3.63, 3.8) is 0 Å². The summed E-state index contributed by atoms with van der Waals surface area (Å²) in [6.07, 6.45) is 1.76. The van der Waals surface area contributed by atoms with Gasteiger partial charge in [0.05, 0.1) is 23.9 Å². The topological polar surface area (TPSA) is 87.8 Å². The summed E-state index contributed by atoms with van der Waals surface area (Å²) in [6.45, 7) is 4.42. The summed E-state index contributed by atoms with van der Waals surface area (Å²) in [6, 6.07) is 21.9. The fourth-order valence-corrected chi connectivity index (χ4v) is 4.87. The van der Waals surface area contributed by atoms with Crippen molar-refractivity contribution in [3.05, 3.63) is 102 Å². The molecule has 2 atom stereocenters. The largest absolute Gasteiger partial charge is 0.494 e. The van der Waals surface area contributed by atoms with Crippen LogP contribution in [0.2, 0.25) is 0 Å². The summed E-state index contributed by atoms with van der Waals surface area (Å²) in [4.78, 5) is 18.0. The van der Waals surface area contributed by atoms with E-state index in [2.05, 4.69) is 10.3 Å². The Morgan fingerprint density at radius 2 is 1.94 bits per heavy atom. The van der Waals surface area contributed by atoms with Gasteiger partial charge in [0, 0.05) is 17.4 Å². The van der Waals surface area contributed by atoms with Crippen molar-refractivity contribution >= 4 is 29.0 Å². The number of carboxylic acid groups (broad SMARTS) is 1. The lowest BCUT2D eigenvalue weighted by Gasteiger charge is -2.26. The summed E-state index contributed by atoms with van der Waals surface area (Å²) < 4.78 is 12.0. The number of aromatic carboxylic acids is 1. The monoisotopic (exact) mass is 499 g/mol. The van der Waals surface area contributed by atoms with Gasteiger partial charge in [-0.25, -0.2) is 4.79 Å². The summed E-state index contributed by atoms with van der Waals surface area (Å²) in [7, 11) is 0. The van der Waals surface area contributed by atoms with Gasteiger partial charge in [0.1, 0.15) is 23.3 Å². The number of carboxylic acids is 1. The lowest BCUT2D eigenvalue weighted by atomic mass is 10.0. The first-order valence-electron chi connectivity index (χ1n) is 11.6. The fraction of sp³-hybridized carbons (Fsp3) is 0.179. The number of aromatic nitrogens is 1. The molecule has 182 valence electrons. The first kappa shape index (κ1) is 23.6. The molecule has 3 heterocycles. The maximum atomic E-state index is 11.3. The second kappa shape index (κ2) is 9.83. The van der Waals surface area contributed by atoms with E-state index in [0.717, 1.165) is 28.3 Å². The van der Waals surface area contributed by atoms with E-state index in [9.17, 15) is 9.90 Å². The Morgan fingerprint density at radius 3 is 2.61 bits per heavy atom. The number of ether oxygens (including phenoxy) is 1. The summed E-state index contributed by atoms with van der Waals surface area (Å²) in [5.41, 5.74) is 3.64. The standard InChI is InChI=1S/C28H25N3O4S/c1-3-34-20-10-8-19(9-11-20)31-26(25(30-28(31)36)22-6-4-5-15-29-22)24-14-13-23(35-24)21-12-7-18(27(32)33)16-17(21)2/h4-16,25-26H,3H2,1-2H3,(H,30,36)(H,32,33)/t25-,26-/m1/s1. The fourth-order valence-electron chi connectivity index (χ4n) is 4.52. The second-order valence-corrected chi connectivity index (χ2v) is 8.85. The minimum atomic E-state index is -0.959. The van der Waals surface area contributed by atoms with Crippen LogP contribution in [0.1, 0.15) is 46.4 Å². The number of aryl methyl sites for hydroxylation is 1. The molecule has 2 N–H and O–H groups in total. The lowest BCUT2D eigenvalue weighted by molar-refractivity contribution is 0.0696. The quantitative estimate of drug-likeness (QED) is 0.303. The van der Waals surface area contributed by atoms with E-state index in [1.165, 1.54) is 0 Å². The van der Waals surface area contributed by atoms with Crippen LogP contribution in [-0.4, -0.2) is 27.8 Å². The zero-order valence-corrected chi connectivity index (χ0v) is 20.7. The van der Waals surface area contributed by atoms with E-state index in [1.54, 1.807) is 24.4 Å². The van der Waals surface area contributed by atoms with Gasteiger partial charge in [-0.15, -0.1) is 0 Å². The lowest BCUT2D eigenvalue weighted by Crippen LogP contribution is -2.29. The van der Waals surface area contributed by atoms with Crippen LogP contribution in [0.15, 0.2) is 83.4 Å². The van der Waals surface area contributed by atoms with Gasteiger partial charge in [0.15, 0.2) is 5.11 Å². The Morgan fingerprint density at radius 1 is 1.14 bits per heavy atom. The van der Waals surface area contributed by atoms with Crippen LogP contribution >= 0.6 is 12.2 Å². The average molecular weight is 500 g/mol. The number of hydrogen-bond donors (Lipinski definition) is 2. The molecule has 8 heteroatoms. The van der Waals surface area contributed by atoms with Crippen molar-refractivity contribution in [2.24, 2.45) is 0 Å². The third kappa shape index (κ3) is 4.43. The molecule has 1 saturated heterocycles. The number of nitrogens with zero attached hydrogens (tertiary/aromatic N) is 2. The first-order valence-corrected chi connectivity index (χ1v) is 12.0. The van der Waals surface area contributed by atoms with E-state index >= 15 is 0 Å². The highest BCUT2D eigenvalue weighted by atomic mass is 32.1. The van der Waals surface area contributed by atoms with Crippen molar-refractivity contribution in [3.8, 4) is 17.1 Å². The van der Waals surface area contributed by atoms with E-state index in [4.69, 9.17) is 21.4 Å². The SMILES string of the molecule is CCOc1ccc(N2C(=S)N[C@H](c3ccccn3)[C@H]2c2ccc(-c3ccc(C(=O)O)cc3C)o2)cc1. The molecule has 2 aromatic heterocycles. The Bertz CT molecular complexity index is 1400. The number of pyridine rings is 1. The molecule has 0 bridgehead atoms. The smallest absolute Gasteiger partial charge is 0.335 e. The number of rotatable bonds is 7. The summed E-state index contributed by atoms with van der Waals surface area (Å²) in [5, 5.41) is 13.3. The van der Waals surface area contributed by atoms with Crippen molar-refractivity contribution in [2.75, 3.05) is 11.5 Å². The molecule has 36 heavy (non-hydrogen) atoms. The third-order valence-electron chi connectivity index (χ3n) is 6.18. The number of benzene rings is 2. The van der Waals surface area contributed by atoms with Crippen LogP contribution in [-0.2, 0) is 0 Å². The van der Waals surface area contributed by atoms with Crippen LogP contribution in [0.5, 0.6) is 5.75 Å². The molecule has 0 radical (unpaired) electrons. The molecule has 0 spiro atoms. The van der Waals surface area contributed by atoms with Gasteiger partial charge in [-0.1, -0.05) is 12.1 Å². The number of carbonyl (C=O) groups is 1. The molecular formula is C28H25N3O4S. The molecule has 5 rings (SSSR count). The van der Waals surface area contributed by atoms with Crippen LogP contribution in [0.4, 0.5) is 5.69 Å². The summed E-state index contributed by atoms with van der Waals surface area (Å²) in [5.74, 6) is 1.20. The normalized spacial score (nSPS) is 17.2. The zero-order chi connectivity index (χ0) is 25.2. The van der Waals surface area contributed by atoms with E-state index < -0.39 is 5.97 Å². The van der Waals surface area contributed by atoms with Crippen molar-refractivity contribution in [1.29, 1.82) is 0 Å². The number of hydrogen-bond acceptors (Lipinski definition) is 5. The van der Waals surface area contributed by atoms with Gasteiger partial charge in [0.2, 0.25) is 0 Å². The number of nitrogens with one attached hydrogen (secondary N) is 1. The average Bonchev–Trinajstić information content (AvgIpc) is 3.50. The number of anilines is 1. The highest BCUT2D eigenvalue weighted by Gasteiger charge is 2.42. The Labute approximate surface area is 214 Å². The van der Waals surface area contributed by atoms with Gasteiger partial charge in [-0.2, -0.15) is 0 Å². The zero-order valence-electron chi connectivity index (χ0n) is 19.8. The van der Waals surface area contributed by atoms with Gasteiger partial charge in [-0.3, -0.25) is 4.98 Å². The van der Waals surface area contributed by atoms with Crippen molar-refractivity contribution in [1.82, 2.24) is 10.3 Å². The van der Waals surface area contributed by atoms with Crippen LogP contribution in [0.25, 0.3) is 11.3 Å². The molecule has 0 aliphatic carbocycles. The highest BCUT2D eigenvalue weighted by molar-refractivity contribution is 7.80. The van der Waals surface area contributed by atoms with Gasteiger partial charge < -0.3 is 24.5 Å². The molecule has 2 aromatic carbocycles. The van der Waals surface area contributed by atoms with Crippen LogP contribution in [0.3, 0.4) is 0 Å². The maximum Gasteiger partial charge on any atom is 0.335 e. The van der Waals surface area contributed by atoms with Gasteiger partial charge in [0.25, 0.3) is 0 Å². The molecular weight excluding hydrogens is 474 g/mol. The van der Waals surface area contributed by atoms with Crippen LogP contribution < -0.4 is 15.0 Å². The molecule has 4 aromatic rings. The molecule has 0 saturated carbocycles. The highest BCUT2D eigenvalue weighted by Crippen LogP contribution is 2.43. The predicted molar refractivity (Wildman–Crippen MR) is 141 cm³/mol. The van der Waals surface area contributed by atoms with E-state index in [1.807, 2.05) is 73.3 Å². The molecule has 1 aliphatic rings. The van der Waals surface area contributed by atoms with E-state index in [0.29, 0.717) is 23.2 Å². The van der Waals surface area contributed by atoms with Crippen LogP contribution in [0, 0.1) is 6.92 Å². The Hall–Kier alpha value is -4.17. The predicted octanol–water partition coefficient (Wildman–Crippen LogP) is 5.92. The van der Waals surface area contributed by atoms with Gasteiger partial charge >= 0.3 is 5.97 Å². The molecule has 1 aliphatic heterocycles. The summed E-state index contributed by atoms with van der Waals surface area (Å²) >= 11 is 5.78. The molecule has 0 unspecified atom stereocenters. The Kier molecular flexibility index (Phi) is 6.43. The minimum absolute atomic E-state index is 0.236. The number of thiocarbonyl (C=S) groups is 1. The minimum Gasteiger partial charge on any atom is -0.494 e. The molecule has 7 nitrogen and oxygen atoms in total. The maximum absolute atomic E-state index is 11.3. The van der Waals surface area contributed by atoms with E-state index in [-0.39, 0.29) is 17.6 Å². The van der Waals surface area contributed by atoms with Gasteiger partial charge in [-0.05, 0) is 92.3 Å².